The van der Waals surface area contributed by atoms with Gasteiger partial charge >= 0.3 is 11.8 Å². The molecule has 0 atom stereocenters. The zero-order valence-electron chi connectivity index (χ0n) is 7.82. The second-order valence-electron chi connectivity index (χ2n) is 3.92. The first-order valence-corrected chi connectivity index (χ1v) is 4.73. The van der Waals surface area contributed by atoms with E-state index in [-0.39, 0.29) is 11.8 Å². The lowest BCUT2D eigenvalue weighted by Gasteiger charge is -2.31. The molecule has 1 saturated carbocycles. The van der Waals surface area contributed by atoms with Gasteiger partial charge in [0.1, 0.15) is 0 Å². The second kappa shape index (κ2) is 3.01. The van der Waals surface area contributed by atoms with E-state index in [2.05, 4.69) is 0 Å². The summed E-state index contributed by atoms with van der Waals surface area (Å²) in [6.07, 6.45) is 2.43. The summed E-state index contributed by atoms with van der Waals surface area (Å²) in [4.78, 5) is 25.9. The van der Waals surface area contributed by atoms with Gasteiger partial charge in [0.05, 0.1) is 0 Å². The Bertz CT molecular complexity index is 248. The fourth-order valence-electron chi connectivity index (χ4n) is 1.56. The summed E-state index contributed by atoms with van der Waals surface area (Å²) < 4.78 is 0. The molecule has 13 heavy (non-hydrogen) atoms. The van der Waals surface area contributed by atoms with Crippen molar-refractivity contribution in [1.82, 2.24) is 9.80 Å². The fraction of sp³-hybridized carbons (Fsp3) is 0.778. The number of rotatable bonds is 2. The molecule has 2 fully saturated rings. The van der Waals surface area contributed by atoms with Gasteiger partial charge in [-0.15, -0.1) is 0 Å². The van der Waals surface area contributed by atoms with Crippen LogP contribution in [0.2, 0.25) is 0 Å². The minimum Gasteiger partial charge on any atom is -0.336 e. The second-order valence-corrected chi connectivity index (χ2v) is 3.92. The number of amides is 2. The van der Waals surface area contributed by atoms with E-state index < -0.39 is 0 Å². The van der Waals surface area contributed by atoms with Crippen LogP contribution in [0, 0.1) is 5.92 Å². The molecule has 72 valence electrons. The molecule has 0 bridgehead atoms. The predicted molar refractivity (Wildman–Crippen MR) is 46.9 cm³/mol. The number of carbonyl (C=O) groups is 2. The lowest BCUT2D eigenvalue weighted by molar-refractivity contribution is -0.155. The van der Waals surface area contributed by atoms with E-state index in [1.807, 2.05) is 0 Å². The van der Waals surface area contributed by atoms with Crippen LogP contribution in [-0.4, -0.2) is 48.3 Å². The first-order chi connectivity index (χ1) is 6.18. The maximum absolute atomic E-state index is 11.4. The van der Waals surface area contributed by atoms with Crippen LogP contribution in [0.5, 0.6) is 0 Å². The molecule has 1 heterocycles. The van der Waals surface area contributed by atoms with Crippen LogP contribution < -0.4 is 0 Å². The molecule has 2 rings (SSSR count). The maximum atomic E-state index is 11.4. The number of likely N-dealkylation sites (N-methyl/N-ethyl adjacent to an activating group) is 1. The summed E-state index contributed by atoms with van der Waals surface area (Å²) >= 11 is 0. The molecule has 0 spiro atoms. The Labute approximate surface area is 77.5 Å². The average molecular weight is 182 g/mol. The highest BCUT2D eigenvalue weighted by Crippen LogP contribution is 2.30. The minimum absolute atomic E-state index is 0.319. The smallest absolute Gasteiger partial charge is 0.312 e. The van der Waals surface area contributed by atoms with Gasteiger partial charge in [-0.25, -0.2) is 0 Å². The summed E-state index contributed by atoms with van der Waals surface area (Å²) in [6, 6.07) is 0. The summed E-state index contributed by atoms with van der Waals surface area (Å²) in [5, 5.41) is 0. The van der Waals surface area contributed by atoms with E-state index in [4.69, 9.17) is 0 Å². The fourth-order valence-corrected chi connectivity index (χ4v) is 1.56. The number of piperazine rings is 1. The van der Waals surface area contributed by atoms with Crippen LogP contribution >= 0.6 is 0 Å². The van der Waals surface area contributed by atoms with Gasteiger partial charge in [-0.2, -0.15) is 0 Å². The van der Waals surface area contributed by atoms with Gasteiger partial charge in [0, 0.05) is 26.7 Å². The molecule has 1 saturated heterocycles. The van der Waals surface area contributed by atoms with Gasteiger partial charge in [0.2, 0.25) is 0 Å². The Kier molecular flexibility index (Phi) is 1.98. The summed E-state index contributed by atoms with van der Waals surface area (Å²) in [6.45, 7) is 2.17. The largest absolute Gasteiger partial charge is 0.336 e. The zero-order valence-corrected chi connectivity index (χ0v) is 7.82. The number of hydrogen-bond acceptors (Lipinski definition) is 2. The molecule has 0 aromatic carbocycles. The summed E-state index contributed by atoms with van der Waals surface area (Å²) in [5.74, 6) is -0.00675. The minimum atomic E-state index is -0.355. The van der Waals surface area contributed by atoms with Crippen molar-refractivity contribution < 1.29 is 9.59 Å². The lowest BCUT2D eigenvalue weighted by Crippen LogP contribution is -2.53. The highest BCUT2D eigenvalue weighted by Gasteiger charge is 2.33. The van der Waals surface area contributed by atoms with Gasteiger partial charge in [0.25, 0.3) is 0 Å². The van der Waals surface area contributed by atoms with Crippen molar-refractivity contribution in [3.8, 4) is 0 Å². The van der Waals surface area contributed by atoms with Crippen molar-refractivity contribution >= 4 is 11.8 Å². The van der Waals surface area contributed by atoms with E-state index in [0.717, 1.165) is 6.54 Å². The molecular formula is C9H14N2O2. The summed E-state index contributed by atoms with van der Waals surface area (Å²) in [7, 11) is 1.68. The van der Waals surface area contributed by atoms with Crippen molar-refractivity contribution in [2.75, 3.05) is 26.7 Å². The molecule has 1 aliphatic carbocycles. The molecule has 1 aliphatic heterocycles. The number of nitrogens with zero attached hydrogens (tertiary/aromatic N) is 2. The highest BCUT2D eigenvalue weighted by atomic mass is 16.2. The molecule has 2 aliphatic rings. The topological polar surface area (TPSA) is 40.6 Å². The lowest BCUT2D eigenvalue weighted by atomic mass is 10.2. The molecule has 0 N–H and O–H groups in total. The van der Waals surface area contributed by atoms with Crippen LogP contribution in [0.15, 0.2) is 0 Å². The number of hydrogen-bond donors (Lipinski definition) is 0. The van der Waals surface area contributed by atoms with E-state index in [9.17, 15) is 9.59 Å². The van der Waals surface area contributed by atoms with E-state index in [1.165, 1.54) is 17.7 Å². The predicted octanol–water partition coefficient (Wildman–Crippen LogP) is -0.303. The average Bonchev–Trinajstić information content (AvgIpc) is 2.90. The Balaban J connectivity index is 1.96. The molecule has 0 aromatic heterocycles. The van der Waals surface area contributed by atoms with Crippen molar-refractivity contribution in [3.05, 3.63) is 0 Å². The zero-order chi connectivity index (χ0) is 9.42. The Morgan fingerprint density at radius 1 is 1.23 bits per heavy atom. The maximum Gasteiger partial charge on any atom is 0.312 e. The van der Waals surface area contributed by atoms with E-state index >= 15 is 0 Å². The van der Waals surface area contributed by atoms with Crippen LogP contribution in [0.1, 0.15) is 12.8 Å². The molecule has 4 heteroatoms. The Hall–Kier alpha value is -1.06. The van der Waals surface area contributed by atoms with Crippen LogP contribution in [-0.2, 0) is 9.59 Å². The normalized spacial score (nSPS) is 24.1. The summed E-state index contributed by atoms with van der Waals surface area (Å²) in [5.41, 5.74) is 0. The molecule has 0 aromatic rings. The number of carbonyl (C=O) groups excluding carboxylic acids is 2. The Morgan fingerprint density at radius 2 is 1.92 bits per heavy atom. The first kappa shape index (κ1) is 8.53. The van der Waals surface area contributed by atoms with E-state index in [0.29, 0.717) is 19.0 Å². The van der Waals surface area contributed by atoms with E-state index in [1.54, 1.807) is 11.9 Å². The highest BCUT2D eigenvalue weighted by molar-refractivity contribution is 6.35. The molecular weight excluding hydrogens is 168 g/mol. The van der Waals surface area contributed by atoms with Gasteiger partial charge in [-0.3, -0.25) is 9.59 Å². The molecule has 0 unspecified atom stereocenters. The van der Waals surface area contributed by atoms with Crippen molar-refractivity contribution in [2.45, 2.75) is 12.8 Å². The van der Waals surface area contributed by atoms with Crippen LogP contribution in [0.25, 0.3) is 0 Å². The van der Waals surface area contributed by atoms with Crippen molar-refractivity contribution in [3.63, 3.8) is 0 Å². The van der Waals surface area contributed by atoms with Crippen LogP contribution in [0.4, 0.5) is 0 Å². The monoisotopic (exact) mass is 182 g/mol. The third-order valence-electron chi connectivity index (χ3n) is 2.70. The van der Waals surface area contributed by atoms with Crippen LogP contribution in [0.3, 0.4) is 0 Å². The van der Waals surface area contributed by atoms with Crippen molar-refractivity contribution in [2.24, 2.45) is 5.92 Å². The third kappa shape index (κ3) is 1.66. The standard InChI is InChI=1S/C9H14N2O2/c1-10-4-5-11(6-7-2-3-7)9(13)8(10)12/h7H,2-6H2,1H3. The van der Waals surface area contributed by atoms with Gasteiger partial charge in [-0.05, 0) is 18.8 Å². The Morgan fingerprint density at radius 3 is 2.54 bits per heavy atom. The quantitative estimate of drug-likeness (QED) is 0.550. The molecule has 0 radical (unpaired) electrons. The van der Waals surface area contributed by atoms with Gasteiger partial charge < -0.3 is 9.80 Å². The third-order valence-corrected chi connectivity index (χ3v) is 2.70. The van der Waals surface area contributed by atoms with Gasteiger partial charge in [-0.1, -0.05) is 0 Å². The van der Waals surface area contributed by atoms with Crippen molar-refractivity contribution in [1.29, 1.82) is 0 Å². The molecule has 2 amide bonds. The van der Waals surface area contributed by atoms with Gasteiger partial charge in [0.15, 0.2) is 0 Å². The first-order valence-electron chi connectivity index (χ1n) is 4.73. The molecule has 4 nitrogen and oxygen atoms in total. The SMILES string of the molecule is CN1CCN(CC2CC2)C(=O)C1=O.